The highest BCUT2D eigenvalue weighted by atomic mass is 35.5. The summed E-state index contributed by atoms with van der Waals surface area (Å²) in [5.74, 6) is 1.72. The summed E-state index contributed by atoms with van der Waals surface area (Å²) >= 11 is 17.6. The monoisotopic (exact) mass is 286 g/mol. The second-order valence-corrected chi connectivity index (χ2v) is 4.57. The Labute approximate surface area is 115 Å². The molecule has 0 saturated carbocycles. The molecule has 0 unspecified atom stereocenters. The molecule has 0 aromatic heterocycles. The summed E-state index contributed by atoms with van der Waals surface area (Å²) < 4.78 is 5.63. The van der Waals surface area contributed by atoms with E-state index in [4.69, 9.17) is 39.5 Å². The first kappa shape index (κ1) is 12.6. The van der Waals surface area contributed by atoms with Gasteiger partial charge in [-0.1, -0.05) is 35.3 Å². The molecular formula is C13H9Cl3O. The summed E-state index contributed by atoms with van der Waals surface area (Å²) in [7, 11) is 0. The third-order valence-corrected chi connectivity index (χ3v) is 3.05. The fourth-order valence-corrected chi connectivity index (χ4v) is 1.83. The summed E-state index contributed by atoms with van der Waals surface area (Å²) in [5.41, 5.74) is 1.04. The predicted octanol–water partition coefficient (Wildman–Crippen LogP) is 5.52. The molecule has 2 aromatic rings. The molecule has 0 radical (unpaired) electrons. The smallest absolute Gasteiger partial charge is 0.147 e. The standard InChI is InChI=1S/C13H9Cl3O/c14-8-9-1-4-11(5-2-9)17-13-7-10(15)3-6-12(13)16/h1-7H,8H2. The molecule has 0 bridgehead atoms. The zero-order valence-electron chi connectivity index (χ0n) is 8.79. The van der Waals surface area contributed by atoms with Crippen molar-refractivity contribution in [1.29, 1.82) is 0 Å². The van der Waals surface area contributed by atoms with E-state index in [2.05, 4.69) is 0 Å². The van der Waals surface area contributed by atoms with Gasteiger partial charge in [0.05, 0.1) is 5.02 Å². The van der Waals surface area contributed by atoms with Crippen LogP contribution in [-0.2, 0) is 5.88 Å². The molecule has 1 nitrogen and oxygen atoms in total. The van der Waals surface area contributed by atoms with Crippen LogP contribution in [0.5, 0.6) is 11.5 Å². The molecule has 4 heteroatoms. The number of alkyl halides is 1. The quantitative estimate of drug-likeness (QED) is 0.675. The summed E-state index contributed by atoms with van der Waals surface area (Å²) in [6.45, 7) is 0. The lowest BCUT2D eigenvalue weighted by Gasteiger charge is -2.08. The molecule has 17 heavy (non-hydrogen) atoms. The van der Waals surface area contributed by atoms with Crippen molar-refractivity contribution in [2.75, 3.05) is 0 Å². The van der Waals surface area contributed by atoms with Crippen molar-refractivity contribution >= 4 is 34.8 Å². The Morgan fingerprint density at radius 1 is 0.941 bits per heavy atom. The number of hydrogen-bond acceptors (Lipinski definition) is 1. The molecular weight excluding hydrogens is 279 g/mol. The average Bonchev–Trinajstić information content (AvgIpc) is 2.35. The Bertz CT molecular complexity index is 509. The fourth-order valence-electron chi connectivity index (χ4n) is 1.33. The molecule has 0 heterocycles. The maximum Gasteiger partial charge on any atom is 0.147 e. The van der Waals surface area contributed by atoms with Gasteiger partial charge in [-0.3, -0.25) is 0 Å². The molecule has 0 amide bonds. The van der Waals surface area contributed by atoms with Crippen LogP contribution >= 0.6 is 34.8 Å². The average molecular weight is 288 g/mol. The second-order valence-electron chi connectivity index (χ2n) is 3.45. The van der Waals surface area contributed by atoms with Gasteiger partial charge >= 0.3 is 0 Å². The van der Waals surface area contributed by atoms with E-state index >= 15 is 0 Å². The number of ether oxygens (including phenoxy) is 1. The fraction of sp³-hybridized carbons (Fsp3) is 0.0769. The van der Waals surface area contributed by atoms with Crippen LogP contribution < -0.4 is 4.74 Å². The number of hydrogen-bond donors (Lipinski definition) is 0. The Kier molecular flexibility index (Phi) is 4.16. The largest absolute Gasteiger partial charge is 0.456 e. The van der Waals surface area contributed by atoms with E-state index in [9.17, 15) is 0 Å². The molecule has 88 valence electrons. The molecule has 0 atom stereocenters. The number of halogens is 3. The third-order valence-electron chi connectivity index (χ3n) is 2.20. The van der Waals surface area contributed by atoms with Crippen molar-refractivity contribution in [2.45, 2.75) is 5.88 Å². The van der Waals surface area contributed by atoms with Crippen LogP contribution in [0.25, 0.3) is 0 Å². The van der Waals surface area contributed by atoms with Crippen LogP contribution in [0.4, 0.5) is 0 Å². The van der Waals surface area contributed by atoms with Gasteiger partial charge in [0.2, 0.25) is 0 Å². The summed E-state index contributed by atoms with van der Waals surface area (Å²) in [6.07, 6.45) is 0. The van der Waals surface area contributed by atoms with E-state index in [1.807, 2.05) is 24.3 Å². The summed E-state index contributed by atoms with van der Waals surface area (Å²) in [6, 6.07) is 12.6. The lowest BCUT2D eigenvalue weighted by atomic mass is 10.2. The second kappa shape index (κ2) is 5.63. The lowest BCUT2D eigenvalue weighted by molar-refractivity contribution is 0.483. The Hall–Kier alpha value is -0.890. The molecule has 0 aliphatic heterocycles. The molecule has 0 aliphatic carbocycles. The molecule has 2 rings (SSSR count). The van der Waals surface area contributed by atoms with Crippen LogP contribution in [0.3, 0.4) is 0 Å². The topological polar surface area (TPSA) is 9.23 Å². The third kappa shape index (κ3) is 3.29. The summed E-state index contributed by atoms with van der Waals surface area (Å²) in [5, 5.41) is 1.11. The molecule has 0 N–H and O–H groups in total. The van der Waals surface area contributed by atoms with Crippen molar-refractivity contribution in [3.63, 3.8) is 0 Å². The van der Waals surface area contributed by atoms with Gasteiger partial charge in [-0.05, 0) is 29.8 Å². The van der Waals surface area contributed by atoms with Gasteiger partial charge in [-0.15, -0.1) is 11.6 Å². The zero-order valence-corrected chi connectivity index (χ0v) is 11.1. The number of rotatable bonds is 3. The first-order valence-electron chi connectivity index (χ1n) is 4.97. The Morgan fingerprint density at radius 3 is 2.29 bits per heavy atom. The van der Waals surface area contributed by atoms with Crippen LogP contribution in [0.1, 0.15) is 5.56 Å². The van der Waals surface area contributed by atoms with Gasteiger partial charge in [0, 0.05) is 17.0 Å². The predicted molar refractivity (Wildman–Crippen MR) is 72.5 cm³/mol. The summed E-state index contributed by atoms with van der Waals surface area (Å²) in [4.78, 5) is 0. The van der Waals surface area contributed by atoms with E-state index in [-0.39, 0.29) is 0 Å². The van der Waals surface area contributed by atoms with Crippen LogP contribution in [0.2, 0.25) is 10.0 Å². The van der Waals surface area contributed by atoms with Crippen LogP contribution in [0.15, 0.2) is 42.5 Å². The normalized spacial score (nSPS) is 10.3. The molecule has 0 spiro atoms. The SMILES string of the molecule is ClCc1ccc(Oc2cc(Cl)ccc2Cl)cc1. The molecule has 0 aliphatic rings. The van der Waals surface area contributed by atoms with Crippen LogP contribution in [-0.4, -0.2) is 0 Å². The van der Waals surface area contributed by atoms with Gasteiger partial charge in [-0.25, -0.2) is 0 Å². The van der Waals surface area contributed by atoms with Crippen LogP contribution in [0, 0.1) is 0 Å². The first-order chi connectivity index (χ1) is 8.19. The van der Waals surface area contributed by atoms with Crippen molar-refractivity contribution in [3.05, 3.63) is 58.1 Å². The van der Waals surface area contributed by atoms with Crippen molar-refractivity contribution in [3.8, 4) is 11.5 Å². The zero-order chi connectivity index (χ0) is 12.3. The van der Waals surface area contributed by atoms with E-state index in [0.717, 1.165) is 5.56 Å². The Morgan fingerprint density at radius 2 is 1.65 bits per heavy atom. The van der Waals surface area contributed by atoms with Gasteiger partial charge < -0.3 is 4.74 Å². The highest BCUT2D eigenvalue weighted by molar-refractivity contribution is 6.34. The highest BCUT2D eigenvalue weighted by Gasteiger charge is 2.04. The lowest BCUT2D eigenvalue weighted by Crippen LogP contribution is -1.86. The van der Waals surface area contributed by atoms with Gasteiger partial charge in [0.15, 0.2) is 0 Å². The van der Waals surface area contributed by atoms with E-state index < -0.39 is 0 Å². The van der Waals surface area contributed by atoms with Crippen molar-refractivity contribution < 1.29 is 4.74 Å². The molecule has 2 aromatic carbocycles. The maximum atomic E-state index is 6.00. The maximum absolute atomic E-state index is 6.00. The molecule has 0 fully saturated rings. The molecule has 0 saturated heterocycles. The minimum Gasteiger partial charge on any atom is -0.456 e. The highest BCUT2D eigenvalue weighted by Crippen LogP contribution is 2.31. The van der Waals surface area contributed by atoms with Crippen molar-refractivity contribution in [2.24, 2.45) is 0 Å². The minimum atomic E-state index is 0.484. The first-order valence-corrected chi connectivity index (χ1v) is 6.26. The van der Waals surface area contributed by atoms with Crippen molar-refractivity contribution in [1.82, 2.24) is 0 Å². The minimum absolute atomic E-state index is 0.484. The number of benzene rings is 2. The van der Waals surface area contributed by atoms with E-state index in [1.54, 1.807) is 18.2 Å². The van der Waals surface area contributed by atoms with Gasteiger partial charge in [0.25, 0.3) is 0 Å². The van der Waals surface area contributed by atoms with Gasteiger partial charge in [0.1, 0.15) is 11.5 Å². The van der Waals surface area contributed by atoms with Gasteiger partial charge in [-0.2, -0.15) is 0 Å². The van der Waals surface area contributed by atoms with E-state index in [1.165, 1.54) is 0 Å². The Balaban J connectivity index is 2.22. The van der Waals surface area contributed by atoms with E-state index in [0.29, 0.717) is 27.4 Å².